The van der Waals surface area contributed by atoms with Crippen molar-refractivity contribution < 1.29 is 19.4 Å². The average Bonchev–Trinajstić information content (AvgIpc) is 2.90. The van der Waals surface area contributed by atoms with Crippen molar-refractivity contribution in [3.63, 3.8) is 0 Å². The Bertz CT molecular complexity index is 459. The van der Waals surface area contributed by atoms with Gasteiger partial charge in [-0.1, -0.05) is 6.07 Å². The summed E-state index contributed by atoms with van der Waals surface area (Å²) in [6.45, 7) is 4.20. The van der Waals surface area contributed by atoms with Crippen molar-refractivity contribution in [3.8, 4) is 0 Å². The molecule has 3 atom stereocenters. The van der Waals surface area contributed by atoms with Gasteiger partial charge in [0, 0.05) is 11.4 Å². The molecule has 0 radical (unpaired) electrons. The monoisotopic (exact) mass is 283 g/mol. The molecule has 0 aromatic carbocycles. The Balaban J connectivity index is 2.08. The second-order valence-electron chi connectivity index (χ2n) is 4.75. The Morgan fingerprint density at radius 2 is 2.26 bits per heavy atom. The van der Waals surface area contributed by atoms with Crippen LogP contribution >= 0.6 is 11.3 Å². The fourth-order valence-corrected chi connectivity index (χ4v) is 2.98. The van der Waals surface area contributed by atoms with Gasteiger partial charge < -0.3 is 14.7 Å². The van der Waals surface area contributed by atoms with Crippen molar-refractivity contribution in [2.75, 3.05) is 13.1 Å². The number of hydrogen-bond acceptors (Lipinski definition) is 4. The first kappa shape index (κ1) is 14.0. The summed E-state index contributed by atoms with van der Waals surface area (Å²) in [5.74, 6) is -1.29. The number of rotatable bonds is 3. The van der Waals surface area contributed by atoms with Crippen LogP contribution in [0.3, 0.4) is 0 Å². The fraction of sp³-hybridized carbons (Fsp3) is 0.538. The predicted molar refractivity (Wildman–Crippen MR) is 71.3 cm³/mol. The minimum atomic E-state index is -1.02. The first-order chi connectivity index (χ1) is 8.99. The van der Waals surface area contributed by atoms with Crippen LogP contribution in [0, 0.1) is 0 Å². The van der Waals surface area contributed by atoms with E-state index >= 15 is 0 Å². The van der Waals surface area contributed by atoms with Crippen molar-refractivity contribution in [1.29, 1.82) is 0 Å². The molecule has 2 unspecified atom stereocenters. The summed E-state index contributed by atoms with van der Waals surface area (Å²) in [4.78, 5) is 26.0. The van der Waals surface area contributed by atoms with Crippen LogP contribution < -0.4 is 0 Å². The molecule has 6 heteroatoms. The summed E-state index contributed by atoms with van der Waals surface area (Å²) in [5.41, 5.74) is 0. The Morgan fingerprint density at radius 3 is 2.84 bits per heavy atom. The lowest BCUT2D eigenvalue weighted by Gasteiger charge is -2.36. The highest BCUT2D eigenvalue weighted by molar-refractivity contribution is 7.10. The average molecular weight is 283 g/mol. The number of carboxylic acid groups (broad SMARTS) is 1. The fourth-order valence-electron chi connectivity index (χ4n) is 2.20. The zero-order chi connectivity index (χ0) is 14.0. The maximum Gasteiger partial charge on any atom is 0.334 e. The molecule has 1 aromatic heterocycles. The van der Waals surface area contributed by atoms with Crippen LogP contribution in [0.15, 0.2) is 17.5 Å². The molecule has 1 N–H and O–H groups in total. The standard InChI is InChI=1S/C13H17NO4S/c1-8-6-14(7-10(18-8)13(16)17)12(15)9(2)11-4-3-5-19-11/h3-5,8-10H,6-7H2,1-2H3,(H,16,17)/t8-,9?,10?/m1/s1. The highest BCUT2D eigenvalue weighted by Gasteiger charge is 2.34. The van der Waals surface area contributed by atoms with E-state index in [0.29, 0.717) is 6.54 Å². The van der Waals surface area contributed by atoms with Crippen LogP contribution in [0.1, 0.15) is 24.6 Å². The zero-order valence-corrected chi connectivity index (χ0v) is 11.7. The molecule has 1 aliphatic rings. The number of nitrogens with zero attached hydrogens (tertiary/aromatic N) is 1. The van der Waals surface area contributed by atoms with Crippen LogP contribution in [-0.4, -0.2) is 47.2 Å². The zero-order valence-electron chi connectivity index (χ0n) is 10.9. The molecule has 104 valence electrons. The minimum Gasteiger partial charge on any atom is -0.479 e. The second kappa shape index (κ2) is 5.71. The Labute approximate surface area is 115 Å². The van der Waals surface area contributed by atoms with Gasteiger partial charge in [-0.15, -0.1) is 11.3 Å². The summed E-state index contributed by atoms with van der Waals surface area (Å²) >= 11 is 1.54. The van der Waals surface area contributed by atoms with E-state index in [2.05, 4.69) is 0 Å². The van der Waals surface area contributed by atoms with Crippen LogP contribution in [-0.2, 0) is 14.3 Å². The molecule has 5 nitrogen and oxygen atoms in total. The maximum absolute atomic E-state index is 12.4. The Kier molecular flexibility index (Phi) is 4.21. The van der Waals surface area contributed by atoms with E-state index in [1.165, 1.54) is 11.3 Å². The lowest BCUT2D eigenvalue weighted by molar-refractivity contribution is -0.166. The lowest BCUT2D eigenvalue weighted by atomic mass is 10.1. The molecular formula is C13H17NO4S. The molecule has 19 heavy (non-hydrogen) atoms. The number of morpholine rings is 1. The van der Waals surface area contributed by atoms with E-state index in [9.17, 15) is 9.59 Å². The van der Waals surface area contributed by atoms with Gasteiger partial charge in [-0.05, 0) is 25.3 Å². The molecular weight excluding hydrogens is 266 g/mol. The van der Waals surface area contributed by atoms with Crippen molar-refractivity contribution >= 4 is 23.2 Å². The third-order valence-corrected chi connectivity index (χ3v) is 4.24. The van der Waals surface area contributed by atoms with Crippen molar-refractivity contribution in [1.82, 2.24) is 4.90 Å². The van der Waals surface area contributed by atoms with E-state index < -0.39 is 12.1 Å². The van der Waals surface area contributed by atoms with Gasteiger partial charge in [0.2, 0.25) is 5.91 Å². The van der Waals surface area contributed by atoms with Crippen LogP contribution in [0.5, 0.6) is 0 Å². The summed E-state index contributed by atoms with van der Waals surface area (Å²) in [6, 6.07) is 3.83. The molecule has 0 saturated carbocycles. The number of carboxylic acids is 1. The number of amides is 1. The van der Waals surface area contributed by atoms with Crippen LogP contribution in [0.4, 0.5) is 0 Å². The number of ether oxygens (including phenoxy) is 1. The summed E-state index contributed by atoms with van der Waals surface area (Å²) in [5, 5.41) is 10.9. The second-order valence-corrected chi connectivity index (χ2v) is 5.73. The summed E-state index contributed by atoms with van der Waals surface area (Å²) in [6.07, 6.45) is -1.18. The maximum atomic E-state index is 12.4. The highest BCUT2D eigenvalue weighted by Crippen LogP contribution is 2.24. The van der Waals surface area contributed by atoms with Gasteiger partial charge in [0.15, 0.2) is 6.10 Å². The third kappa shape index (κ3) is 3.13. The number of thiophene rings is 1. The van der Waals surface area contributed by atoms with E-state index in [1.54, 1.807) is 11.8 Å². The van der Waals surface area contributed by atoms with Crippen molar-refractivity contribution in [2.45, 2.75) is 32.0 Å². The van der Waals surface area contributed by atoms with Crippen molar-refractivity contribution in [3.05, 3.63) is 22.4 Å². The van der Waals surface area contributed by atoms with E-state index in [4.69, 9.17) is 9.84 Å². The number of carbonyl (C=O) groups is 2. The van der Waals surface area contributed by atoms with Gasteiger partial charge in [0.05, 0.1) is 18.6 Å². The van der Waals surface area contributed by atoms with Gasteiger partial charge in [0.1, 0.15) is 0 Å². The van der Waals surface area contributed by atoms with Gasteiger partial charge in [0.25, 0.3) is 0 Å². The van der Waals surface area contributed by atoms with Crippen LogP contribution in [0.2, 0.25) is 0 Å². The molecule has 0 bridgehead atoms. The third-order valence-electron chi connectivity index (χ3n) is 3.19. The summed E-state index contributed by atoms with van der Waals surface area (Å²) < 4.78 is 5.31. The topological polar surface area (TPSA) is 66.8 Å². The number of aliphatic carboxylic acids is 1. The molecule has 1 amide bonds. The molecule has 1 saturated heterocycles. The highest BCUT2D eigenvalue weighted by atomic mass is 32.1. The first-order valence-corrected chi connectivity index (χ1v) is 7.07. The largest absolute Gasteiger partial charge is 0.479 e. The number of carbonyl (C=O) groups excluding carboxylic acids is 1. The van der Waals surface area contributed by atoms with Crippen LogP contribution in [0.25, 0.3) is 0 Å². The molecule has 0 spiro atoms. The molecule has 2 rings (SSSR count). The summed E-state index contributed by atoms with van der Waals surface area (Å²) in [7, 11) is 0. The molecule has 1 aliphatic heterocycles. The van der Waals surface area contributed by atoms with E-state index in [0.717, 1.165) is 4.88 Å². The lowest BCUT2D eigenvalue weighted by Crippen LogP contribution is -2.52. The predicted octanol–water partition coefficient (Wildman–Crippen LogP) is 1.55. The van der Waals surface area contributed by atoms with Crippen molar-refractivity contribution in [2.24, 2.45) is 0 Å². The first-order valence-electron chi connectivity index (χ1n) is 6.19. The molecule has 2 heterocycles. The smallest absolute Gasteiger partial charge is 0.334 e. The Hall–Kier alpha value is -1.40. The van der Waals surface area contributed by atoms with Gasteiger partial charge in [-0.25, -0.2) is 4.79 Å². The van der Waals surface area contributed by atoms with E-state index in [1.807, 2.05) is 24.4 Å². The minimum absolute atomic E-state index is 0.0381. The normalized spacial score (nSPS) is 25.1. The number of hydrogen-bond donors (Lipinski definition) is 1. The van der Waals surface area contributed by atoms with Gasteiger partial charge in [-0.2, -0.15) is 0 Å². The van der Waals surface area contributed by atoms with Gasteiger partial charge >= 0.3 is 5.97 Å². The SMILES string of the molecule is CC(C(=O)N1CC(C(=O)O)O[C@H](C)C1)c1cccs1. The molecule has 0 aliphatic carbocycles. The molecule has 1 aromatic rings. The quantitative estimate of drug-likeness (QED) is 0.914. The van der Waals surface area contributed by atoms with Gasteiger partial charge in [-0.3, -0.25) is 4.79 Å². The Morgan fingerprint density at radius 1 is 1.53 bits per heavy atom. The molecule has 1 fully saturated rings. The van der Waals surface area contributed by atoms with E-state index in [-0.39, 0.29) is 24.5 Å².